The number of aromatic nitrogens is 1. The van der Waals surface area contributed by atoms with Gasteiger partial charge in [0.25, 0.3) is 0 Å². The van der Waals surface area contributed by atoms with Gasteiger partial charge >= 0.3 is 0 Å². The summed E-state index contributed by atoms with van der Waals surface area (Å²) in [6.07, 6.45) is 2.17. The molecule has 108 valence electrons. The maximum Gasteiger partial charge on any atom is 0.123 e. The van der Waals surface area contributed by atoms with E-state index < -0.39 is 0 Å². The molecule has 1 N–H and O–H groups in total. The van der Waals surface area contributed by atoms with E-state index in [4.69, 9.17) is 9.72 Å². The molecule has 0 fully saturated rings. The maximum absolute atomic E-state index is 5.48. The van der Waals surface area contributed by atoms with Crippen molar-refractivity contribution in [2.45, 2.75) is 33.2 Å². The van der Waals surface area contributed by atoms with Crippen LogP contribution in [0.5, 0.6) is 5.75 Å². The Morgan fingerprint density at radius 2 is 1.95 bits per heavy atom. The van der Waals surface area contributed by atoms with E-state index in [0.29, 0.717) is 6.61 Å². The quantitative estimate of drug-likeness (QED) is 0.840. The Labute approximate surface area is 125 Å². The first-order valence-corrected chi connectivity index (χ1v) is 7.96. The average molecular weight is 290 g/mol. The second-order valence-electron chi connectivity index (χ2n) is 4.63. The summed E-state index contributed by atoms with van der Waals surface area (Å²) in [5.41, 5.74) is 2.40. The number of aryl methyl sites for hydroxylation is 1. The molecule has 0 aliphatic rings. The molecule has 0 spiro atoms. The van der Waals surface area contributed by atoms with Crippen LogP contribution in [0.4, 0.5) is 0 Å². The van der Waals surface area contributed by atoms with Crippen molar-refractivity contribution in [1.29, 1.82) is 0 Å². The van der Waals surface area contributed by atoms with E-state index in [1.165, 1.54) is 10.6 Å². The zero-order chi connectivity index (χ0) is 14.4. The largest absolute Gasteiger partial charge is 0.494 e. The number of hydrogen-bond acceptors (Lipinski definition) is 4. The summed E-state index contributed by atoms with van der Waals surface area (Å²) < 4.78 is 5.48. The van der Waals surface area contributed by atoms with E-state index in [9.17, 15) is 0 Å². The summed E-state index contributed by atoms with van der Waals surface area (Å²) in [4.78, 5) is 6.15. The highest BCUT2D eigenvalue weighted by Gasteiger charge is 2.11. The van der Waals surface area contributed by atoms with E-state index in [0.717, 1.165) is 35.7 Å². The predicted octanol–water partition coefficient (Wildman–Crippen LogP) is 3.88. The minimum Gasteiger partial charge on any atom is -0.494 e. The van der Waals surface area contributed by atoms with Crippen molar-refractivity contribution in [3.63, 3.8) is 0 Å². The lowest BCUT2D eigenvalue weighted by Crippen LogP contribution is -2.05. The second-order valence-corrected chi connectivity index (χ2v) is 5.71. The van der Waals surface area contributed by atoms with Gasteiger partial charge in [0.1, 0.15) is 10.8 Å². The summed E-state index contributed by atoms with van der Waals surface area (Å²) >= 11 is 1.78. The Kier molecular flexibility index (Phi) is 5.56. The van der Waals surface area contributed by atoms with Crippen LogP contribution in [-0.4, -0.2) is 18.6 Å². The fourth-order valence-electron chi connectivity index (χ4n) is 2.10. The highest BCUT2D eigenvalue weighted by molar-refractivity contribution is 7.15. The minimum atomic E-state index is 0.698. The predicted molar refractivity (Wildman–Crippen MR) is 85.5 cm³/mol. The highest BCUT2D eigenvalue weighted by Crippen LogP contribution is 2.30. The van der Waals surface area contributed by atoms with Gasteiger partial charge in [0.05, 0.1) is 12.3 Å². The standard InChI is InChI=1S/C16H22N2OS/c1-4-6-14-15(11-17-3)20-16(18-14)12-7-9-13(10-8-12)19-5-2/h7-10,17H,4-6,11H2,1-3H3. The van der Waals surface area contributed by atoms with Crippen molar-refractivity contribution in [3.8, 4) is 16.3 Å². The molecule has 0 saturated heterocycles. The lowest BCUT2D eigenvalue weighted by atomic mass is 10.2. The summed E-state index contributed by atoms with van der Waals surface area (Å²) in [6, 6.07) is 8.19. The lowest BCUT2D eigenvalue weighted by molar-refractivity contribution is 0.340. The van der Waals surface area contributed by atoms with Crippen LogP contribution in [0.3, 0.4) is 0 Å². The minimum absolute atomic E-state index is 0.698. The van der Waals surface area contributed by atoms with Gasteiger partial charge < -0.3 is 10.1 Å². The molecule has 20 heavy (non-hydrogen) atoms. The molecule has 2 rings (SSSR count). The molecule has 0 radical (unpaired) electrons. The molecular formula is C16H22N2OS. The van der Waals surface area contributed by atoms with Gasteiger partial charge in [0.15, 0.2) is 0 Å². The molecule has 1 aromatic carbocycles. The molecule has 0 aliphatic heterocycles. The van der Waals surface area contributed by atoms with Crippen molar-refractivity contribution >= 4 is 11.3 Å². The molecule has 1 heterocycles. The van der Waals surface area contributed by atoms with Crippen LogP contribution in [0, 0.1) is 0 Å². The molecule has 2 aromatic rings. The Morgan fingerprint density at radius 1 is 1.20 bits per heavy atom. The highest BCUT2D eigenvalue weighted by atomic mass is 32.1. The van der Waals surface area contributed by atoms with E-state index in [1.807, 2.05) is 26.1 Å². The third kappa shape index (κ3) is 3.58. The maximum atomic E-state index is 5.48. The molecule has 0 unspecified atom stereocenters. The topological polar surface area (TPSA) is 34.1 Å². The Hall–Kier alpha value is -1.39. The van der Waals surface area contributed by atoms with Crippen LogP contribution in [0.1, 0.15) is 30.8 Å². The van der Waals surface area contributed by atoms with Gasteiger partial charge in [0.2, 0.25) is 0 Å². The molecule has 0 aliphatic carbocycles. The van der Waals surface area contributed by atoms with Gasteiger partial charge in [-0.15, -0.1) is 11.3 Å². The zero-order valence-electron chi connectivity index (χ0n) is 12.4. The van der Waals surface area contributed by atoms with Crippen LogP contribution in [0.2, 0.25) is 0 Å². The summed E-state index contributed by atoms with van der Waals surface area (Å²) in [6.45, 7) is 5.78. The van der Waals surface area contributed by atoms with Gasteiger partial charge in [-0.1, -0.05) is 13.3 Å². The van der Waals surface area contributed by atoms with Crippen LogP contribution in [-0.2, 0) is 13.0 Å². The summed E-state index contributed by atoms with van der Waals surface area (Å²) in [5, 5.41) is 4.32. The van der Waals surface area contributed by atoms with Gasteiger partial charge in [-0.05, 0) is 44.7 Å². The van der Waals surface area contributed by atoms with Crippen LogP contribution in [0.15, 0.2) is 24.3 Å². The number of ether oxygens (including phenoxy) is 1. The summed E-state index contributed by atoms with van der Waals surface area (Å²) in [5.74, 6) is 0.914. The molecule has 1 aromatic heterocycles. The fraction of sp³-hybridized carbons (Fsp3) is 0.438. The van der Waals surface area contributed by atoms with Crippen molar-refractivity contribution in [3.05, 3.63) is 34.8 Å². The fourth-order valence-corrected chi connectivity index (χ4v) is 3.22. The average Bonchev–Trinajstić information content (AvgIpc) is 2.84. The Bertz CT molecular complexity index is 510. The van der Waals surface area contributed by atoms with E-state index in [1.54, 1.807) is 11.3 Å². The first-order chi connectivity index (χ1) is 9.78. The van der Waals surface area contributed by atoms with Gasteiger partial charge in [-0.2, -0.15) is 0 Å². The van der Waals surface area contributed by atoms with Crippen molar-refractivity contribution < 1.29 is 4.74 Å². The molecule has 0 saturated carbocycles. The third-order valence-corrected chi connectivity index (χ3v) is 4.16. The summed E-state index contributed by atoms with van der Waals surface area (Å²) in [7, 11) is 1.98. The number of benzene rings is 1. The Morgan fingerprint density at radius 3 is 2.55 bits per heavy atom. The molecule has 0 amide bonds. The number of rotatable bonds is 7. The smallest absolute Gasteiger partial charge is 0.123 e. The van der Waals surface area contributed by atoms with Crippen molar-refractivity contribution in [2.75, 3.05) is 13.7 Å². The van der Waals surface area contributed by atoms with Crippen LogP contribution >= 0.6 is 11.3 Å². The van der Waals surface area contributed by atoms with Crippen molar-refractivity contribution in [2.24, 2.45) is 0 Å². The van der Waals surface area contributed by atoms with Gasteiger partial charge in [-0.3, -0.25) is 0 Å². The molecule has 3 nitrogen and oxygen atoms in total. The van der Waals surface area contributed by atoms with Crippen LogP contribution in [0.25, 0.3) is 10.6 Å². The SMILES string of the molecule is CCCc1nc(-c2ccc(OCC)cc2)sc1CNC. The molecule has 4 heteroatoms. The number of thiazole rings is 1. The number of hydrogen-bond donors (Lipinski definition) is 1. The number of nitrogens with zero attached hydrogens (tertiary/aromatic N) is 1. The van der Waals surface area contributed by atoms with E-state index in [2.05, 4.69) is 24.4 Å². The molecular weight excluding hydrogens is 268 g/mol. The Balaban J connectivity index is 2.24. The third-order valence-electron chi connectivity index (χ3n) is 3.01. The van der Waals surface area contributed by atoms with E-state index >= 15 is 0 Å². The van der Waals surface area contributed by atoms with Crippen LogP contribution < -0.4 is 10.1 Å². The monoisotopic (exact) mass is 290 g/mol. The number of nitrogens with one attached hydrogen (secondary N) is 1. The molecule has 0 bridgehead atoms. The van der Waals surface area contributed by atoms with Gasteiger partial charge in [0, 0.05) is 17.0 Å². The van der Waals surface area contributed by atoms with E-state index in [-0.39, 0.29) is 0 Å². The normalized spacial score (nSPS) is 10.8. The van der Waals surface area contributed by atoms with Gasteiger partial charge in [-0.25, -0.2) is 4.98 Å². The first-order valence-electron chi connectivity index (χ1n) is 7.14. The first kappa shape index (κ1) is 15.0. The van der Waals surface area contributed by atoms with Crippen molar-refractivity contribution in [1.82, 2.24) is 10.3 Å². The molecule has 0 atom stereocenters. The lowest BCUT2D eigenvalue weighted by Gasteiger charge is -2.02. The second kappa shape index (κ2) is 7.41. The zero-order valence-corrected chi connectivity index (χ0v) is 13.2.